The lowest BCUT2D eigenvalue weighted by Crippen LogP contribution is -2.19. The van der Waals surface area contributed by atoms with Crippen molar-refractivity contribution in [2.75, 3.05) is 6.61 Å². The number of amides is 1. The van der Waals surface area contributed by atoms with Crippen LogP contribution in [0, 0.1) is 0 Å². The van der Waals surface area contributed by atoms with Gasteiger partial charge in [0, 0.05) is 23.8 Å². The first-order valence-corrected chi connectivity index (χ1v) is 9.69. The summed E-state index contributed by atoms with van der Waals surface area (Å²) in [5, 5.41) is 18.7. The molecule has 7 heteroatoms. The molecular formula is C24H22ClN3O3. The van der Waals surface area contributed by atoms with E-state index in [1.54, 1.807) is 30.0 Å². The molecule has 0 unspecified atom stereocenters. The van der Waals surface area contributed by atoms with Gasteiger partial charge in [-0.15, -0.1) is 12.4 Å². The number of hydrogen-bond acceptors (Lipinski definition) is 5. The quantitative estimate of drug-likeness (QED) is 0.307. The molecule has 0 saturated carbocycles. The van der Waals surface area contributed by atoms with Crippen LogP contribution in [0.25, 0.3) is 33.3 Å². The number of carbonyl (C=O) groups is 1. The van der Waals surface area contributed by atoms with E-state index in [4.69, 9.17) is 10.3 Å². The van der Waals surface area contributed by atoms with E-state index in [9.17, 15) is 4.79 Å². The molecule has 0 aliphatic rings. The van der Waals surface area contributed by atoms with Gasteiger partial charge in [-0.2, -0.15) is 0 Å². The zero-order chi connectivity index (χ0) is 20.9. The number of rotatable bonds is 6. The summed E-state index contributed by atoms with van der Waals surface area (Å²) in [6.07, 6.45) is 4.81. The summed E-state index contributed by atoms with van der Waals surface area (Å²) in [5.41, 5.74) is 7.47. The second kappa shape index (κ2) is 10.1. The van der Waals surface area contributed by atoms with Crippen molar-refractivity contribution in [3.8, 4) is 22.4 Å². The summed E-state index contributed by atoms with van der Waals surface area (Å²) in [5.74, 6) is -0.590. The van der Waals surface area contributed by atoms with Gasteiger partial charge in [0.25, 0.3) is 5.91 Å². The van der Waals surface area contributed by atoms with Gasteiger partial charge in [-0.1, -0.05) is 48.5 Å². The number of fused-ring (bicyclic) bond motifs is 1. The Morgan fingerprint density at radius 1 is 0.935 bits per heavy atom. The number of hydroxylamine groups is 1. The number of hydrogen-bond donors (Lipinski definition) is 3. The van der Waals surface area contributed by atoms with Crippen LogP contribution < -0.4 is 5.48 Å². The van der Waals surface area contributed by atoms with Crippen molar-refractivity contribution in [1.29, 1.82) is 0 Å². The van der Waals surface area contributed by atoms with Gasteiger partial charge >= 0.3 is 0 Å². The molecule has 4 aromatic rings. The minimum absolute atomic E-state index is 0. The van der Waals surface area contributed by atoms with E-state index < -0.39 is 5.91 Å². The van der Waals surface area contributed by atoms with E-state index in [2.05, 4.69) is 34.2 Å². The Bertz CT molecular complexity index is 1180. The molecule has 0 fully saturated rings. The van der Waals surface area contributed by atoms with Gasteiger partial charge in [-0.3, -0.25) is 15.0 Å². The molecule has 2 heterocycles. The number of benzene rings is 2. The number of halogens is 1. The van der Waals surface area contributed by atoms with E-state index in [1.807, 2.05) is 24.3 Å². The average molecular weight is 436 g/mol. The Balaban J connectivity index is 0.00000272. The number of aliphatic hydroxyl groups is 1. The molecule has 0 aliphatic carbocycles. The first-order chi connectivity index (χ1) is 14.7. The zero-order valence-corrected chi connectivity index (χ0v) is 17.5. The zero-order valence-electron chi connectivity index (χ0n) is 16.7. The molecule has 0 bridgehead atoms. The van der Waals surface area contributed by atoms with Gasteiger partial charge in [0.1, 0.15) is 0 Å². The van der Waals surface area contributed by atoms with Crippen LogP contribution >= 0.6 is 12.4 Å². The first kappa shape index (κ1) is 22.4. The van der Waals surface area contributed by atoms with E-state index in [0.29, 0.717) is 22.2 Å². The molecule has 0 aliphatic heterocycles. The summed E-state index contributed by atoms with van der Waals surface area (Å²) >= 11 is 0. The summed E-state index contributed by atoms with van der Waals surface area (Å²) in [7, 11) is 0. The third kappa shape index (κ3) is 4.88. The van der Waals surface area contributed by atoms with E-state index in [0.717, 1.165) is 29.5 Å². The predicted molar refractivity (Wildman–Crippen MR) is 122 cm³/mol. The molecule has 6 nitrogen and oxygen atoms in total. The summed E-state index contributed by atoms with van der Waals surface area (Å²) in [4.78, 5) is 20.8. The molecule has 2 aromatic carbocycles. The van der Waals surface area contributed by atoms with Gasteiger partial charge < -0.3 is 5.11 Å². The Hall–Kier alpha value is -3.32. The highest BCUT2D eigenvalue weighted by Gasteiger charge is 2.13. The molecule has 4 rings (SSSR count). The molecule has 31 heavy (non-hydrogen) atoms. The van der Waals surface area contributed by atoms with Crippen LogP contribution in [-0.2, 0) is 6.42 Å². The normalized spacial score (nSPS) is 10.5. The third-order valence-electron chi connectivity index (χ3n) is 5.05. The number of pyridine rings is 2. The van der Waals surface area contributed by atoms with Crippen molar-refractivity contribution in [2.24, 2.45) is 0 Å². The predicted octanol–water partition coefficient (Wildman–Crippen LogP) is 4.43. The summed E-state index contributed by atoms with van der Waals surface area (Å²) < 4.78 is 0. The number of nitrogens with zero attached hydrogens (tertiary/aromatic N) is 2. The molecule has 2 aromatic heterocycles. The molecule has 1 amide bonds. The van der Waals surface area contributed by atoms with Gasteiger partial charge in [-0.05, 0) is 41.7 Å². The van der Waals surface area contributed by atoms with E-state index >= 15 is 0 Å². The fraction of sp³-hybridized carbons (Fsp3) is 0.125. The van der Waals surface area contributed by atoms with Crippen LogP contribution in [0.2, 0.25) is 0 Å². The standard InChI is InChI=1S/C24H21N3O3.ClH/c28-13-1-2-16-3-5-17(6-4-16)18-7-9-19(10-8-18)22-14-21(24(29)27-30)20-11-12-25-15-23(20)26-22;/h3-12,14-15,28,30H,1-2,13H2,(H,27,29);1H. The van der Waals surface area contributed by atoms with Crippen LogP contribution in [0.4, 0.5) is 0 Å². The largest absolute Gasteiger partial charge is 0.396 e. The lowest BCUT2D eigenvalue weighted by molar-refractivity contribution is 0.0708. The number of aliphatic hydroxyl groups excluding tert-OH is 1. The van der Waals surface area contributed by atoms with Crippen molar-refractivity contribution in [3.63, 3.8) is 0 Å². The lowest BCUT2D eigenvalue weighted by Gasteiger charge is -2.09. The Morgan fingerprint density at radius 2 is 1.58 bits per heavy atom. The fourth-order valence-corrected chi connectivity index (χ4v) is 3.46. The van der Waals surface area contributed by atoms with Gasteiger partial charge in [0.05, 0.1) is 23.0 Å². The Kier molecular flexibility index (Phi) is 7.31. The highest BCUT2D eigenvalue weighted by molar-refractivity contribution is 6.06. The lowest BCUT2D eigenvalue weighted by atomic mass is 9.99. The maximum Gasteiger partial charge on any atom is 0.275 e. The summed E-state index contributed by atoms with van der Waals surface area (Å²) in [6.45, 7) is 0.198. The third-order valence-corrected chi connectivity index (χ3v) is 5.05. The number of aromatic nitrogens is 2. The Labute approximate surface area is 186 Å². The van der Waals surface area contributed by atoms with Crippen molar-refractivity contribution in [2.45, 2.75) is 12.8 Å². The van der Waals surface area contributed by atoms with Crippen molar-refractivity contribution in [1.82, 2.24) is 15.4 Å². The molecule has 0 radical (unpaired) electrons. The minimum Gasteiger partial charge on any atom is -0.396 e. The molecule has 3 N–H and O–H groups in total. The van der Waals surface area contributed by atoms with Crippen molar-refractivity contribution < 1.29 is 15.1 Å². The van der Waals surface area contributed by atoms with Crippen LogP contribution in [-0.4, -0.2) is 32.8 Å². The van der Waals surface area contributed by atoms with Crippen LogP contribution in [0.3, 0.4) is 0 Å². The van der Waals surface area contributed by atoms with Crippen molar-refractivity contribution in [3.05, 3.63) is 84.2 Å². The smallest absolute Gasteiger partial charge is 0.275 e. The second-order valence-corrected chi connectivity index (χ2v) is 6.99. The van der Waals surface area contributed by atoms with Crippen LogP contribution in [0.15, 0.2) is 73.1 Å². The minimum atomic E-state index is -0.590. The first-order valence-electron chi connectivity index (χ1n) is 9.69. The molecule has 158 valence electrons. The van der Waals surface area contributed by atoms with Gasteiger partial charge in [-0.25, -0.2) is 10.5 Å². The number of aryl methyl sites for hydroxylation is 1. The maximum atomic E-state index is 12.1. The number of carbonyl (C=O) groups excluding carboxylic acids is 1. The average Bonchev–Trinajstić information content (AvgIpc) is 2.82. The molecular weight excluding hydrogens is 414 g/mol. The van der Waals surface area contributed by atoms with E-state index in [1.165, 1.54) is 5.56 Å². The highest BCUT2D eigenvalue weighted by Crippen LogP contribution is 2.27. The van der Waals surface area contributed by atoms with Crippen LogP contribution in [0.5, 0.6) is 0 Å². The van der Waals surface area contributed by atoms with E-state index in [-0.39, 0.29) is 19.0 Å². The SMILES string of the molecule is Cl.O=C(NO)c1cc(-c2ccc(-c3ccc(CCCO)cc3)cc2)nc2cnccc12. The Morgan fingerprint density at radius 3 is 2.23 bits per heavy atom. The van der Waals surface area contributed by atoms with Gasteiger partial charge in [0.2, 0.25) is 0 Å². The molecule has 0 atom stereocenters. The molecule has 0 saturated heterocycles. The monoisotopic (exact) mass is 435 g/mol. The summed E-state index contributed by atoms with van der Waals surface area (Å²) in [6, 6.07) is 19.6. The van der Waals surface area contributed by atoms with Crippen molar-refractivity contribution >= 4 is 29.2 Å². The topological polar surface area (TPSA) is 95.3 Å². The second-order valence-electron chi connectivity index (χ2n) is 6.99. The van der Waals surface area contributed by atoms with Crippen LogP contribution in [0.1, 0.15) is 22.3 Å². The highest BCUT2D eigenvalue weighted by atomic mass is 35.5. The van der Waals surface area contributed by atoms with Gasteiger partial charge in [0.15, 0.2) is 0 Å². The molecule has 0 spiro atoms. The fourth-order valence-electron chi connectivity index (χ4n) is 3.46. The number of nitrogens with one attached hydrogen (secondary N) is 1. The maximum absolute atomic E-state index is 12.1.